The Morgan fingerprint density at radius 1 is 1.32 bits per heavy atom. The van der Waals surface area contributed by atoms with E-state index in [1.807, 2.05) is 27.7 Å². The summed E-state index contributed by atoms with van der Waals surface area (Å²) in [5, 5.41) is 6.28. The third kappa shape index (κ3) is 6.62. The molecule has 1 fully saturated rings. The molecule has 0 heterocycles. The Hall–Kier alpha value is -1.03. The predicted molar refractivity (Wildman–Crippen MR) is 78.2 cm³/mol. The van der Waals surface area contributed by atoms with Crippen molar-refractivity contribution in [3.63, 3.8) is 0 Å². The first-order chi connectivity index (χ1) is 8.78. The molecule has 1 aliphatic carbocycles. The van der Waals surface area contributed by atoms with Crippen LogP contribution < -0.4 is 10.6 Å². The van der Waals surface area contributed by atoms with Gasteiger partial charge in [-0.3, -0.25) is 0 Å². The number of hydrogen-bond donors (Lipinski definition) is 2. The highest BCUT2D eigenvalue weighted by atomic mass is 16.6. The van der Waals surface area contributed by atoms with Crippen molar-refractivity contribution < 1.29 is 9.53 Å². The Morgan fingerprint density at radius 2 is 1.95 bits per heavy atom. The molecule has 0 bridgehead atoms. The van der Waals surface area contributed by atoms with E-state index in [9.17, 15) is 4.79 Å². The first-order valence-corrected chi connectivity index (χ1v) is 7.14. The number of ether oxygens (including phenoxy) is 1. The second-order valence-electron chi connectivity index (χ2n) is 6.55. The molecule has 0 saturated heterocycles. The summed E-state index contributed by atoms with van der Waals surface area (Å²) in [6.07, 6.45) is 3.96. The normalized spacial score (nSPS) is 23.8. The zero-order valence-corrected chi connectivity index (χ0v) is 12.7. The monoisotopic (exact) mass is 268 g/mol. The van der Waals surface area contributed by atoms with Gasteiger partial charge in [0.25, 0.3) is 0 Å². The molecule has 0 aromatic carbocycles. The highest BCUT2D eigenvalue weighted by Gasteiger charge is 2.28. The van der Waals surface area contributed by atoms with Crippen LogP contribution in [0.5, 0.6) is 0 Å². The summed E-state index contributed by atoms with van der Waals surface area (Å²) in [5.74, 6) is 0. The highest BCUT2D eigenvalue weighted by Crippen LogP contribution is 2.21. The van der Waals surface area contributed by atoms with Crippen LogP contribution in [0.4, 0.5) is 4.79 Å². The maximum absolute atomic E-state index is 11.8. The largest absolute Gasteiger partial charge is 0.445 e. The number of hydrogen-bond acceptors (Lipinski definition) is 3. The Bertz CT molecular complexity index is 321. The summed E-state index contributed by atoms with van der Waals surface area (Å²) < 4.78 is 5.57. The molecule has 1 aliphatic rings. The van der Waals surface area contributed by atoms with E-state index in [2.05, 4.69) is 17.2 Å². The van der Waals surface area contributed by atoms with Crippen LogP contribution in [0.25, 0.3) is 0 Å². The first-order valence-electron chi connectivity index (χ1n) is 7.14. The number of nitrogens with one attached hydrogen (secondary N) is 2. The second-order valence-corrected chi connectivity index (χ2v) is 6.55. The van der Waals surface area contributed by atoms with E-state index in [1.165, 1.54) is 6.42 Å². The van der Waals surface area contributed by atoms with Crippen molar-refractivity contribution in [1.82, 2.24) is 10.6 Å². The van der Waals surface area contributed by atoms with Crippen molar-refractivity contribution >= 4 is 6.09 Å². The van der Waals surface area contributed by atoms with Crippen LogP contribution in [-0.2, 0) is 4.74 Å². The minimum atomic E-state index is -0.318. The van der Waals surface area contributed by atoms with Crippen LogP contribution in [0, 0.1) is 0 Å². The summed E-state index contributed by atoms with van der Waals surface area (Å²) >= 11 is 0. The first kappa shape index (κ1) is 16.0. The van der Waals surface area contributed by atoms with Crippen LogP contribution in [0.2, 0.25) is 0 Å². The summed E-state index contributed by atoms with van der Waals surface area (Å²) in [6.45, 7) is 12.5. The molecule has 1 amide bonds. The molecule has 110 valence electrons. The fourth-order valence-electron chi connectivity index (χ4n) is 2.25. The van der Waals surface area contributed by atoms with Gasteiger partial charge in [-0.15, -0.1) is 0 Å². The van der Waals surface area contributed by atoms with E-state index in [-0.39, 0.29) is 23.8 Å². The maximum atomic E-state index is 11.8. The Labute approximate surface area is 117 Å². The lowest BCUT2D eigenvalue weighted by atomic mass is 9.92. The van der Waals surface area contributed by atoms with Crippen molar-refractivity contribution in [2.24, 2.45) is 0 Å². The summed E-state index contributed by atoms with van der Waals surface area (Å²) in [6, 6.07) is 0.246. The van der Waals surface area contributed by atoms with E-state index < -0.39 is 0 Å². The average molecular weight is 268 g/mol. The van der Waals surface area contributed by atoms with Gasteiger partial charge in [0.1, 0.15) is 6.10 Å². The highest BCUT2D eigenvalue weighted by molar-refractivity contribution is 5.68. The molecule has 2 unspecified atom stereocenters. The number of carbonyl (C=O) groups excluding carboxylic acids is 1. The van der Waals surface area contributed by atoms with E-state index >= 15 is 0 Å². The minimum Gasteiger partial charge on any atom is -0.445 e. The lowest BCUT2D eigenvalue weighted by Crippen LogP contribution is -2.48. The van der Waals surface area contributed by atoms with Crippen LogP contribution in [-0.4, -0.2) is 30.3 Å². The number of carbonyl (C=O) groups is 1. The van der Waals surface area contributed by atoms with Crippen LogP contribution in [0.15, 0.2) is 12.2 Å². The summed E-state index contributed by atoms with van der Waals surface area (Å²) in [7, 11) is 0. The SMILES string of the molecule is C=C(C)CNC1CCCCC1OC(=O)NC(C)(C)C. The average Bonchev–Trinajstić information content (AvgIpc) is 2.25. The molecule has 1 rings (SSSR count). The fourth-order valence-corrected chi connectivity index (χ4v) is 2.25. The Kier molecular flexibility index (Phi) is 5.85. The van der Waals surface area contributed by atoms with Gasteiger partial charge in [0.2, 0.25) is 0 Å². The molecule has 1 saturated carbocycles. The van der Waals surface area contributed by atoms with Gasteiger partial charge in [-0.05, 0) is 47.0 Å². The molecular weight excluding hydrogens is 240 g/mol. The topological polar surface area (TPSA) is 50.4 Å². The third-order valence-electron chi connectivity index (χ3n) is 3.10. The van der Waals surface area contributed by atoms with Gasteiger partial charge in [0, 0.05) is 18.1 Å². The van der Waals surface area contributed by atoms with Crippen molar-refractivity contribution in [3.8, 4) is 0 Å². The van der Waals surface area contributed by atoms with E-state index in [1.54, 1.807) is 0 Å². The van der Waals surface area contributed by atoms with Gasteiger partial charge in [-0.2, -0.15) is 0 Å². The summed E-state index contributed by atoms with van der Waals surface area (Å²) in [5.41, 5.74) is 0.843. The zero-order valence-electron chi connectivity index (χ0n) is 12.7. The van der Waals surface area contributed by atoms with Crippen molar-refractivity contribution in [2.75, 3.05) is 6.54 Å². The molecule has 2 N–H and O–H groups in total. The van der Waals surface area contributed by atoms with E-state index in [0.717, 1.165) is 31.4 Å². The van der Waals surface area contributed by atoms with E-state index in [4.69, 9.17) is 4.74 Å². The molecular formula is C15H28N2O2. The molecule has 0 aliphatic heterocycles. The van der Waals surface area contributed by atoms with Gasteiger partial charge in [0.15, 0.2) is 0 Å². The van der Waals surface area contributed by atoms with Crippen LogP contribution >= 0.6 is 0 Å². The van der Waals surface area contributed by atoms with Crippen molar-refractivity contribution in [1.29, 1.82) is 0 Å². The third-order valence-corrected chi connectivity index (χ3v) is 3.10. The fraction of sp³-hybridized carbons (Fsp3) is 0.800. The predicted octanol–water partition coefficient (Wildman–Crippen LogP) is 2.99. The molecule has 0 spiro atoms. The smallest absolute Gasteiger partial charge is 0.407 e. The number of rotatable bonds is 4. The molecule has 2 atom stereocenters. The van der Waals surface area contributed by atoms with E-state index in [0.29, 0.717) is 0 Å². The van der Waals surface area contributed by atoms with Gasteiger partial charge < -0.3 is 15.4 Å². The molecule has 4 heteroatoms. The Balaban J connectivity index is 2.47. The van der Waals surface area contributed by atoms with Gasteiger partial charge >= 0.3 is 6.09 Å². The van der Waals surface area contributed by atoms with Crippen LogP contribution in [0.1, 0.15) is 53.4 Å². The summed E-state index contributed by atoms with van der Waals surface area (Å²) in [4.78, 5) is 11.8. The van der Waals surface area contributed by atoms with Crippen molar-refractivity contribution in [2.45, 2.75) is 71.1 Å². The minimum absolute atomic E-state index is 0.0320. The molecule has 19 heavy (non-hydrogen) atoms. The molecule has 0 radical (unpaired) electrons. The Morgan fingerprint density at radius 3 is 2.53 bits per heavy atom. The lowest BCUT2D eigenvalue weighted by Gasteiger charge is -2.33. The molecule has 4 nitrogen and oxygen atoms in total. The quantitative estimate of drug-likeness (QED) is 0.771. The van der Waals surface area contributed by atoms with Gasteiger partial charge in [-0.25, -0.2) is 4.79 Å². The van der Waals surface area contributed by atoms with Gasteiger partial charge in [-0.1, -0.05) is 18.6 Å². The van der Waals surface area contributed by atoms with Crippen LogP contribution in [0.3, 0.4) is 0 Å². The maximum Gasteiger partial charge on any atom is 0.407 e. The lowest BCUT2D eigenvalue weighted by molar-refractivity contribution is 0.0491. The standard InChI is InChI=1S/C15H28N2O2/c1-11(2)10-16-12-8-6-7-9-13(12)19-14(18)17-15(3,4)5/h12-13,16H,1,6-10H2,2-5H3,(H,17,18). The van der Waals surface area contributed by atoms with Gasteiger partial charge in [0.05, 0.1) is 0 Å². The van der Waals surface area contributed by atoms with Crippen molar-refractivity contribution in [3.05, 3.63) is 12.2 Å². The second kappa shape index (κ2) is 6.94. The molecule has 0 aromatic rings. The number of amides is 1. The molecule has 0 aromatic heterocycles. The zero-order chi connectivity index (χ0) is 14.5. The number of alkyl carbamates (subject to hydrolysis) is 1.